The van der Waals surface area contributed by atoms with Crippen LogP contribution in [-0.4, -0.2) is 21.9 Å². The number of rotatable bonds is 4. The molecule has 1 amide bonds. The van der Waals surface area contributed by atoms with Crippen molar-refractivity contribution < 1.29 is 32.8 Å². The lowest BCUT2D eigenvalue weighted by Gasteiger charge is -2.13. The van der Waals surface area contributed by atoms with Gasteiger partial charge in [-0.1, -0.05) is 12.1 Å². The maximum Gasteiger partial charge on any atom is 0.417 e. The van der Waals surface area contributed by atoms with Gasteiger partial charge < -0.3 is 10.4 Å². The van der Waals surface area contributed by atoms with Crippen LogP contribution in [-0.2, 0) is 6.18 Å². The minimum absolute atomic E-state index is 0.483. The van der Waals surface area contributed by atoms with E-state index < -0.39 is 51.0 Å². The van der Waals surface area contributed by atoms with Gasteiger partial charge in [0, 0.05) is 12.1 Å². The molecule has 0 heterocycles. The fourth-order valence-electron chi connectivity index (χ4n) is 2.05. The van der Waals surface area contributed by atoms with Crippen LogP contribution in [0.25, 0.3) is 0 Å². The van der Waals surface area contributed by atoms with E-state index in [0.29, 0.717) is 6.07 Å². The Balaban J connectivity index is 2.47. The third-order valence-corrected chi connectivity index (χ3v) is 3.17. The largest absolute Gasteiger partial charge is 0.478 e. The standard InChI is InChI=1S/C15H9F3N2O5/c16-15(17,18)11-4-2-1-3-9(11)13(21)19-12-7-8(20(24)25)5-6-10(12)14(22)23/h1-7H,(H,19,21)(H,22,23). The zero-order chi connectivity index (χ0) is 18.8. The summed E-state index contributed by atoms with van der Waals surface area (Å²) in [5, 5.41) is 21.8. The van der Waals surface area contributed by atoms with Crippen LogP contribution in [0.15, 0.2) is 42.5 Å². The minimum Gasteiger partial charge on any atom is -0.478 e. The lowest BCUT2D eigenvalue weighted by molar-refractivity contribution is -0.384. The monoisotopic (exact) mass is 354 g/mol. The molecular weight excluding hydrogens is 345 g/mol. The molecule has 0 aliphatic rings. The Labute approximate surface area is 137 Å². The van der Waals surface area contributed by atoms with Crippen molar-refractivity contribution in [2.45, 2.75) is 6.18 Å². The molecule has 0 aromatic heterocycles. The van der Waals surface area contributed by atoms with Gasteiger partial charge >= 0.3 is 12.1 Å². The Morgan fingerprint density at radius 1 is 1.08 bits per heavy atom. The fourth-order valence-corrected chi connectivity index (χ4v) is 2.05. The Morgan fingerprint density at radius 2 is 1.72 bits per heavy atom. The number of nitro groups is 1. The van der Waals surface area contributed by atoms with E-state index in [-0.39, 0.29) is 0 Å². The molecule has 0 radical (unpaired) electrons. The predicted octanol–water partition coefficient (Wildman–Crippen LogP) is 3.56. The number of carboxylic acid groups (broad SMARTS) is 1. The van der Waals surface area contributed by atoms with Crippen LogP contribution in [0, 0.1) is 10.1 Å². The number of non-ortho nitro benzene ring substituents is 1. The highest BCUT2D eigenvalue weighted by molar-refractivity contribution is 6.08. The van der Waals surface area contributed by atoms with Gasteiger partial charge in [-0.15, -0.1) is 0 Å². The minimum atomic E-state index is -4.80. The van der Waals surface area contributed by atoms with Gasteiger partial charge in [-0.3, -0.25) is 14.9 Å². The average molecular weight is 354 g/mol. The molecule has 25 heavy (non-hydrogen) atoms. The first kappa shape index (κ1) is 17.9. The van der Waals surface area contributed by atoms with E-state index in [1.807, 2.05) is 5.32 Å². The molecular formula is C15H9F3N2O5. The van der Waals surface area contributed by atoms with Crippen molar-refractivity contribution in [2.75, 3.05) is 5.32 Å². The summed E-state index contributed by atoms with van der Waals surface area (Å²) in [7, 11) is 0. The number of hydrogen-bond donors (Lipinski definition) is 2. The van der Waals surface area contributed by atoms with E-state index in [9.17, 15) is 32.9 Å². The van der Waals surface area contributed by atoms with Crippen molar-refractivity contribution in [1.29, 1.82) is 0 Å². The summed E-state index contributed by atoms with van der Waals surface area (Å²) in [6.45, 7) is 0. The first-order valence-electron chi connectivity index (χ1n) is 6.60. The molecule has 0 bridgehead atoms. The number of aromatic carboxylic acids is 1. The van der Waals surface area contributed by atoms with Crippen LogP contribution in [0.2, 0.25) is 0 Å². The van der Waals surface area contributed by atoms with E-state index in [4.69, 9.17) is 5.11 Å². The number of nitro benzene ring substituents is 1. The van der Waals surface area contributed by atoms with Gasteiger partial charge in [0.1, 0.15) is 0 Å². The molecule has 0 fully saturated rings. The molecule has 0 saturated heterocycles. The number of nitrogens with one attached hydrogen (secondary N) is 1. The molecule has 0 aliphatic heterocycles. The van der Waals surface area contributed by atoms with E-state index in [0.717, 1.165) is 30.3 Å². The van der Waals surface area contributed by atoms with Gasteiger partial charge in [0.05, 0.1) is 27.3 Å². The number of amides is 1. The number of carboxylic acids is 1. The molecule has 2 aromatic rings. The summed E-state index contributed by atoms with van der Waals surface area (Å²) in [6, 6.07) is 6.45. The van der Waals surface area contributed by atoms with Crippen molar-refractivity contribution in [2.24, 2.45) is 0 Å². The summed E-state index contributed by atoms with van der Waals surface area (Å²) in [4.78, 5) is 33.3. The number of halogens is 3. The van der Waals surface area contributed by atoms with Crippen molar-refractivity contribution in [3.63, 3.8) is 0 Å². The summed E-state index contributed by atoms with van der Waals surface area (Å²) in [5.41, 5.74) is -3.45. The van der Waals surface area contributed by atoms with Gasteiger partial charge in [0.2, 0.25) is 0 Å². The van der Waals surface area contributed by atoms with Gasteiger partial charge in [0.25, 0.3) is 11.6 Å². The van der Waals surface area contributed by atoms with Gasteiger partial charge in [0.15, 0.2) is 0 Å². The van der Waals surface area contributed by atoms with Crippen LogP contribution in [0.5, 0.6) is 0 Å². The molecule has 0 spiro atoms. The van der Waals surface area contributed by atoms with Gasteiger partial charge in [-0.25, -0.2) is 4.79 Å². The second-order valence-corrected chi connectivity index (χ2v) is 4.79. The maximum absolute atomic E-state index is 13.0. The van der Waals surface area contributed by atoms with Crippen molar-refractivity contribution in [3.05, 3.63) is 69.3 Å². The lowest BCUT2D eigenvalue weighted by atomic mass is 10.1. The van der Waals surface area contributed by atoms with E-state index in [1.54, 1.807) is 0 Å². The Hall–Kier alpha value is -3.43. The zero-order valence-electron chi connectivity index (χ0n) is 12.2. The molecule has 2 aromatic carbocycles. The van der Waals surface area contributed by atoms with Crippen molar-refractivity contribution in [3.8, 4) is 0 Å². The van der Waals surface area contributed by atoms with Crippen molar-refractivity contribution >= 4 is 23.3 Å². The molecule has 2 N–H and O–H groups in total. The van der Waals surface area contributed by atoms with E-state index >= 15 is 0 Å². The fraction of sp³-hybridized carbons (Fsp3) is 0.0667. The predicted molar refractivity (Wildman–Crippen MR) is 79.5 cm³/mol. The number of carbonyl (C=O) groups is 2. The first-order valence-corrected chi connectivity index (χ1v) is 6.60. The molecule has 10 heteroatoms. The molecule has 7 nitrogen and oxygen atoms in total. The molecule has 130 valence electrons. The zero-order valence-corrected chi connectivity index (χ0v) is 12.2. The maximum atomic E-state index is 13.0. The smallest absolute Gasteiger partial charge is 0.417 e. The third kappa shape index (κ3) is 3.91. The number of anilines is 1. The molecule has 0 saturated carbocycles. The molecule has 0 unspecified atom stereocenters. The molecule has 0 atom stereocenters. The summed E-state index contributed by atoms with van der Waals surface area (Å²) in [6.07, 6.45) is -4.80. The number of nitrogens with zero attached hydrogens (tertiary/aromatic N) is 1. The molecule has 0 aliphatic carbocycles. The Morgan fingerprint density at radius 3 is 2.28 bits per heavy atom. The Kier molecular flexibility index (Phi) is 4.72. The average Bonchev–Trinajstić information content (AvgIpc) is 2.53. The summed E-state index contributed by atoms with van der Waals surface area (Å²) < 4.78 is 38.9. The van der Waals surface area contributed by atoms with Crippen LogP contribution in [0.3, 0.4) is 0 Å². The quantitative estimate of drug-likeness (QED) is 0.644. The highest BCUT2D eigenvalue weighted by Crippen LogP contribution is 2.32. The second kappa shape index (κ2) is 6.59. The normalized spacial score (nSPS) is 11.0. The van der Waals surface area contributed by atoms with Crippen LogP contribution < -0.4 is 5.32 Å². The molecule has 2 rings (SSSR count). The second-order valence-electron chi connectivity index (χ2n) is 4.79. The lowest BCUT2D eigenvalue weighted by Crippen LogP contribution is -2.20. The first-order chi connectivity index (χ1) is 11.6. The number of carbonyl (C=O) groups excluding carboxylic acids is 1. The van der Waals surface area contributed by atoms with Crippen LogP contribution in [0.4, 0.5) is 24.5 Å². The summed E-state index contributed by atoms with van der Waals surface area (Å²) >= 11 is 0. The number of benzene rings is 2. The number of hydrogen-bond acceptors (Lipinski definition) is 4. The highest BCUT2D eigenvalue weighted by atomic mass is 19.4. The van der Waals surface area contributed by atoms with Gasteiger partial charge in [-0.2, -0.15) is 13.2 Å². The van der Waals surface area contributed by atoms with Crippen LogP contribution >= 0.6 is 0 Å². The van der Waals surface area contributed by atoms with E-state index in [2.05, 4.69) is 0 Å². The van der Waals surface area contributed by atoms with Gasteiger partial charge in [-0.05, 0) is 18.2 Å². The van der Waals surface area contributed by atoms with Crippen LogP contribution in [0.1, 0.15) is 26.3 Å². The van der Waals surface area contributed by atoms with Crippen molar-refractivity contribution in [1.82, 2.24) is 0 Å². The Bertz CT molecular complexity index is 864. The summed E-state index contributed by atoms with van der Waals surface area (Å²) in [5.74, 6) is -2.75. The SMILES string of the molecule is O=C(O)c1ccc([N+](=O)[O-])cc1NC(=O)c1ccccc1C(F)(F)F. The highest BCUT2D eigenvalue weighted by Gasteiger charge is 2.35. The third-order valence-electron chi connectivity index (χ3n) is 3.17. The number of alkyl halides is 3. The topological polar surface area (TPSA) is 110 Å². The van der Waals surface area contributed by atoms with E-state index in [1.165, 1.54) is 6.07 Å².